The first-order valence-electron chi connectivity index (χ1n) is 7.19. The van der Waals surface area contributed by atoms with Gasteiger partial charge in [0.15, 0.2) is 0 Å². The van der Waals surface area contributed by atoms with Gasteiger partial charge in [0.05, 0.1) is 0 Å². The quantitative estimate of drug-likeness (QED) is 0.877. The van der Waals surface area contributed by atoms with E-state index < -0.39 is 6.09 Å². The number of pyridine rings is 1. The summed E-state index contributed by atoms with van der Waals surface area (Å²) < 4.78 is 0. The molecule has 1 aromatic carbocycles. The van der Waals surface area contributed by atoms with Crippen LogP contribution in [0.4, 0.5) is 4.79 Å². The maximum Gasteiger partial charge on any atom is 0.402 e. The smallest absolute Gasteiger partial charge is 0.402 e. The van der Waals surface area contributed by atoms with Gasteiger partial charge in [0, 0.05) is 22.8 Å². The number of primary amides is 1. The molecule has 0 bridgehead atoms. The van der Waals surface area contributed by atoms with Gasteiger partial charge in [-0.05, 0) is 56.9 Å². The van der Waals surface area contributed by atoms with Gasteiger partial charge in [0.2, 0.25) is 0 Å². The molecular formula is C17H22ClN3O2. The molecule has 1 aromatic heterocycles. The van der Waals surface area contributed by atoms with Gasteiger partial charge >= 0.3 is 6.09 Å². The monoisotopic (exact) mass is 335 g/mol. The molecule has 0 fully saturated rings. The molecule has 2 rings (SSSR count). The summed E-state index contributed by atoms with van der Waals surface area (Å²) in [5.41, 5.74) is 6.41. The number of amides is 1. The average molecular weight is 336 g/mol. The van der Waals surface area contributed by atoms with Crippen LogP contribution >= 0.6 is 11.6 Å². The van der Waals surface area contributed by atoms with Crippen molar-refractivity contribution in [2.45, 2.75) is 12.3 Å². The lowest BCUT2D eigenvalue weighted by Crippen LogP contribution is -2.17. The maximum absolute atomic E-state index is 8.78. The summed E-state index contributed by atoms with van der Waals surface area (Å²) in [4.78, 5) is 15.5. The van der Waals surface area contributed by atoms with Gasteiger partial charge in [0.1, 0.15) is 0 Å². The number of carboxylic acid groups (broad SMARTS) is 1. The highest BCUT2D eigenvalue weighted by molar-refractivity contribution is 6.30. The summed E-state index contributed by atoms with van der Waals surface area (Å²) in [6.07, 6.45) is 1.57. The minimum atomic E-state index is -1.33. The van der Waals surface area contributed by atoms with Crippen molar-refractivity contribution < 1.29 is 9.90 Å². The van der Waals surface area contributed by atoms with Crippen LogP contribution in [-0.4, -0.2) is 41.7 Å². The molecule has 0 aliphatic carbocycles. The number of carbonyl (C=O) groups is 1. The Morgan fingerprint density at radius 2 is 1.87 bits per heavy atom. The van der Waals surface area contributed by atoms with Gasteiger partial charge in [-0.3, -0.25) is 4.98 Å². The van der Waals surface area contributed by atoms with E-state index in [4.69, 9.17) is 21.5 Å². The largest absolute Gasteiger partial charge is 0.465 e. The van der Waals surface area contributed by atoms with E-state index in [1.807, 2.05) is 30.5 Å². The van der Waals surface area contributed by atoms with Crippen molar-refractivity contribution in [3.63, 3.8) is 0 Å². The standard InChI is InChI=1S/C16H19ClN2.CH3NO2/c1-19(2)12-10-15(16-5-3-4-11-18-16)13-6-8-14(17)9-7-13;2-1(3)4/h3-9,11,15H,10,12H2,1-2H3;2H2,(H,3,4). The molecule has 1 amide bonds. The zero-order valence-electron chi connectivity index (χ0n) is 13.3. The highest BCUT2D eigenvalue weighted by Gasteiger charge is 2.15. The number of nitrogens with zero attached hydrogens (tertiary/aromatic N) is 2. The van der Waals surface area contributed by atoms with E-state index in [9.17, 15) is 0 Å². The lowest BCUT2D eigenvalue weighted by molar-refractivity contribution is 0.205. The Labute approximate surface area is 141 Å². The topological polar surface area (TPSA) is 79.5 Å². The predicted molar refractivity (Wildman–Crippen MR) is 92.9 cm³/mol. The zero-order chi connectivity index (χ0) is 17.2. The Hall–Kier alpha value is -2.11. The second-order valence-corrected chi connectivity index (χ2v) is 5.73. The fraction of sp³-hybridized carbons (Fsp3) is 0.294. The molecular weight excluding hydrogens is 314 g/mol. The van der Waals surface area contributed by atoms with Crippen molar-refractivity contribution in [2.75, 3.05) is 20.6 Å². The van der Waals surface area contributed by atoms with Crippen LogP contribution in [0.25, 0.3) is 0 Å². The molecule has 0 spiro atoms. The number of hydrogen-bond acceptors (Lipinski definition) is 3. The zero-order valence-corrected chi connectivity index (χ0v) is 14.1. The number of hydrogen-bond donors (Lipinski definition) is 2. The number of aromatic nitrogens is 1. The fourth-order valence-electron chi connectivity index (χ4n) is 2.15. The van der Waals surface area contributed by atoms with Crippen molar-refractivity contribution in [1.29, 1.82) is 0 Å². The maximum atomic E-state index is 8.78. The SMILES string of the molecule is CN(C)CCC(c1ccc(Cl)cc1)c1ccccn1.NC(=O)O. The normalized spacial score (nSPS) is 11.5. The predicted octanol–water partition coefficient (Wildman–Crippen LogP) is 3.44. The Bertz CT molecular complexity index is 585. The van der Waals surface area contributed by atoms with Gasteiger partial charge in [0.25, 0.3) is 0 Å². The first-order chi connectivity index (χ1) is 10.9. The molecule has 0 aliphatic rings. The van der Waals surface area contributed by atoms with Gasteiger partial charge in [-0.15, -0.1) is 0 Å². The molecule has 0 radical (unpaired) electrons. The van der Waals surface area contributed by atoms with Crippen molar-refractivity contribution >= 4 is 17.7 Å². The van der Waals surface area contributed by atoms with Gasteiger partial charge in [-0.25, -0.2) is 4.79 Å². The van der Waals surface area contributed by atoms with Gasteiger partial charge in [-0.1, -0.05) is 29.8 Å². The van der Waals surface area contributed by atoms with Crippen molar-refractivity contribution in [3.05, 3.63) is 64.9 Å². The Balaban J connectivity index is 0.000000593. The van der Waals surface area contributed by atoms with Crippen LogP contribution in [0.3, 0.4) is 0 Å². The van der Waals surface area contributed by atoms with Crippen molar-refractivity contribution in [2.24, 2.45) is 5.73 Å². The number of halogens is 1. The summed E-state index contributed by atoms with van der Waals surface area (Å²) in [6.45, 7) is 1.03. The molecule has 0 saturated carbocycles. The third-order valence-electron chi connectivity index (χ3n) is 3.18. The lowest BCUT2D eigenvalue weighted by Gasteiger charge is -2.19. The van der Waals surface area contributed by atoms with E-state index in [0.717, 1.165) is 23.7 Å². The lowest BCUT2D eigenvalue weighted by atomic mass is 9.92. The molecule has 0 saturated heterocycles. The Kier molecular flexibility index (Phi) is 8.08. The van der Waals surface area contributed by atoms with Crippen LogP contribution in [0.15, 0.2) is 48.7 Å². The number of rotatable bonds is 5. The summed E-state index contributed by atoms with van der Waals surface area (Å²) >= 11 is 5.97. The van der Waals surface area contributed by atoms with Crippen LogP contribution < -0.4 is 5.73 Å². The van der Waals surface area contributed by atoms with E-state index in [0.29, 0.717) is 5.92 Å². The average Bonchev–Trinajstić information content (AvgIpc) is 2.49. The minimum absolute atomic E-state index is 0.320. The highest BCUT2D eigenvalue weighted by atomic mass is 35.5. The minimum Gasteiger partial charge on any atom is -0.465 e. The number of benzene rings is 1. The first-order valence-corrected chi connectivity index (χ1v) is 7.57. The molecule has 124 valence electrons. The van der Waals surface area contributed by atoms with E-state index in [1.54, 1.807) is 0 Å². The van der Waals surface area contributed by atoms with E-state index >= 15 is 0 Å². The van der Waals surface area contributed by atoms with Gasteiger partial charge in [-0.2, -0.15) is 0 Å². The summed E-state index contributed by atoms with van der Waals surface area (Å²) in [5.74, 6) is 0.320. The van der Waals surface area contributed by atoms with E-state index in [2.05, 4.69) is 47.9 Å². The third kappa shape index (κ3) is 7.63. The molecule has 6 heteroatoms. The van der Waals surface area contributed by atoms with Crippen molar-refractivity contribution in [3.8, 4) is 0 Å². The van der Waals surface area contributed by atoms with Crippen LogP contribution in [0.5, 0.6) is 0 Å². The fourth-order valence-corrected chi connectivity index (χ4v) is 2.28. The first kappa shape index (κ1) is 18.9. The molecule has 0 aliphatic heterocycles. The molecule has 3 N–H and O–H groups in total. The molecule has 5 nitrogen and oxygen atoms in total. The Morgan fingerprint density at radius 1 is 1.26 bits per heavy atom. The van der Waals surface area contributed by atoms with Gasteiger partial charge < -0.3 is 15.7 Å². The highest BCUT2D eigenvalue weighted by Crippen LogP contribution is 2.27. The summed E-state index contributed by atoms with van der Waals surface area (Å²) in [5, 5.41) is 7.97. The van der Waals surface area contributed by atoms with Crippen molar-refractivity contribution in [1.82, 2.24) is 9.88 Å². The molecule has 1 unspecified atom stereocenters. The van der Waals surface area contributed by atoms with E-state index in [1.165, 1.54) is 5.56 Å². The molecule has 2 aromatic rings. The summed E-state index contributed by atoms with van der Waals surface area (Å²) in [6, 6.07) is 14.2. The molecule has 23 heavy (non-hydrogen) atoms. The van der Waals surface area contributed by atoms with E-state index in [-0.39, 0.29) is 0 Å². The van der Waals surface area contributed by atoms with Crippen LogP contribution in [-0.2, 0) is 0 Å². The Morgan fingerprint density at radius 3 is 2.35 bits per heavy atom. The molecule has 1 atom stereocenters. The third-order valence-corrected chi connectivity index (χ3v) is 3.43. The molecule has 1 heterocycles. The second kappa shape index (κ2) is 9.82. The second-order valence-electron chi connectivity index (χ2n) is 5.29. The van der Waals surface area contributed by atoms with Crippen LogP contribution in [0.1, 0.15) is 23.6 Å². The van der Waals surface area contributed by atoms with Crippen LogP contribution in [0, 0.1) is 0 Å². The van der Waals surface area contributed by atoms with Crippen LogP contribution in [0.2, 0.25) is 5.02 Å². The number of nitrogens with two attached hydrogens (primary N) is 1. The summed E-state index contributed by atoms with van der Waals surface area (Å²) in [7, 11) is 4.19.